The van der Waals surface area contributed by atoms with E-state index in [1.54, 1.807) is 13.8 Å². The Morgan fingerprint density at radius 3 is 2.60 bits per heavy atom. The third-order valence-corrected chi connectivity index (χ3v) is 16.3. The van der Waals surface area contributed by atoms with Gasteiger partial charge >= 0.3 is 11.9 Å². The lowest BCUT2D eigenvalue weighted by molar-refractivity contribution is -0.171. The van der Waals surface area contributed by atoms with Crippen LogP contribution in [0.1, 0.15) is 77.8 Å². The third-order valence-electron chi connectivity index (χ3n) is 12.0. The van der Waals surface area contributed by atoms with Crippen molar-refractivity contribution in [1.29, 1.82) is 0 Å². The van der Waals surface area contributed by atoms with E-state index in [4.69, 9.17) is 23.4 Å². The highest BCUT2D eigenvalue weighted by Gasteiger charge is 2.72. The van der Waals surface area contributed by atoms with Crippen LogP contribution in [0.2, 0.25) is 18.1 Å². The summed E-state index contributed by atoms with van der Waals surface area (Å²) in [6, 6.07) is 3.20. The van der Waals surface area contributed by atoms with Crippen molar-refractivity contribution >= 4 is 26.2 Å². The monoisotopic (exact) mass is 668 g/mol. The number of piperidine rings is 1. The standard InChI is InChI=1S/C35H48N2O9Si/c1-32(2,3)47(7,8)46-22-12-11-20-18-25-35(41)14-13-23(29-34(35,15-17-36(25)6)27(20)28(22)43-29)42-30(39)21-10-9-16-37(21)26(38)19-24-31(40)45-33(4,5)44-24/h11-13,21,24-25,29,41H,9-10,14-19H2,1-8H3/t21?,24-,25+,29-,34-,35+/m0/s1. The molecule has 7 rings (SSSR count). The molecule has 2 bridgehead atoms. The second kappa shape index (κ2) is 10.5. The predicted molar refractivity (Wildman–Crippen MR) is 173 cm³/mol. The molecule has 1 unspecified atom stereocenters. The minimum Gasteiger partial charge on any atom is -0.541 e. The minimum atomic E-state index is -2.25. The van der Waals surface area contributed by atoms with Crippen molar-refractivity contribution in [3.63, 3.8) is 0 Å². The SMILES string of the molecule is CN1CC[C@]23c4c5ccc(O[Si](C)(C)C(C)(C)C)c4O[C@H]2C(OC(=O)C2CCCN2C(=O)C[C@@H]2OC(C)(C)OC2=O)=CC[C@@]3(O)[C@H]1C5. The van der Waals surface area contributed by atoms with Gasteiger partial charge < -0.3 is 38.3 Å². The maximum atomic E-state index is 13.9. The Kier molecular flexibility index (Phi) is 7.31. The van der Waals surface area contributed by atoms with E-state index in [1.807, 2.05) is 12.1 Å². The number of nitrogens with zero attached hydrogens (tertiary/aromatic N) is 2. The number of esters is 2. The molecule has 11 nitrogen and oxygen atoms in total. The van der Waals surface area contributed by atoms with Gasteiger partial charge in [-0.25, -0.2) is 9.59 Å². The first-order valence-electron chi connectivity index (χ1n) is 16.9. The van der Waals surface area contributed by atoms with Crippen molar-refractivity contribution < 1.29 is 42.9 Å². The van der Waals surface area contributed by atoms with Gasteiger partial charge in [0.25, 0.3) is 8.32 Å². The molecule has 0 aromatic heterocycles. The van der Waals surface area contributed by atoms with Crippen LogP contribution in [-0.2, 0) is 40.4 Å². The molecule has 2 aliphatic carbocycles. The van der Waals surface area contributed by atoms with Gasteiger partial charge in [-0.15, -0.1) is 0 Å². The number of carbonyl (C=O) groups excluding carboxylic acids is 3. The summed E-state index contributed by atoms with van der Waals surface area (Å²) in [6.45, 7) is 15.4. The number of amides is 1. The number of ether oxygens (including phenoxy) is 4. The van der Waals surface area contributed by atoms with E-state index in [0.717, 1.165) is 17.7 Å². The zero-order chi connectivity index (χ0) is 33.9. The van der Waals surface area contributed by atoms with Gasteiger partial charge in [0.2, 0.25) is 11.7 Å². The van der Waals surface area contributed by atoms with Crippen LogP contribution >= 0.6 is 0 Å². The largest absolute Gasteiger partial charge is 0.541 e. The fraction of sp³-hybridized carbons (Fsp3) is 0.686. The fourth-order valence-corrected chi connectivity index (χ4v) is 9.57. The zero-order valence-corrected chi connectivity index (χ0v) is 29.8. The summed E-state index contributed by atoms with van der Waals surface area (Å²) in [5.41, 5.74) is 0.161. The number of hydrogen-bond donors (Lipinski definition) is 1. The van der Waals surface area contributed by atoms with Crippen molar-refractivity contribution in [3.05, 3.63) is 35.1 Å². The van der Waals surface area contributed by atoms with E-state index in [0.29, 0.717) is 55.9 Å². The van der Waals surface area contributed by atoms with Gasteiger partial charge in [0, 0.05) is 38.4 Å². The van der Waals surface area contributed by atoms with Crippen molar-refractivity contribution in [2.24, 2.45) is 0 Å². The first-order chi connectivity index (χ1) is 21.9. The molecule has 3 saturated heterocycles. The molecule has 4 aliphatic heterocycles. The normalized spacial score (nSPS) is 33.9. The van der Waals surface area contributed by atoms with E-state index in [2.05, 4.69) is 51.9 Å². The number of benzene rings is 1. The maximum absolute atomic E-state index is 13.9. The van der Waals surface area contributed by atoms with E-state index in [-0.39, 0.29) is 23.4 Å². The Morgan fingerprint density at radius 1 is 1.17 bits per heavy atom. The van der Waals surface area contributed by atoms with Crippen LogP contribution in [0.5, 0.6) is 11.5 Å². The number of hydrogen-bond acceptors (Lipinski definition) is 10. The molecule has 12 heteroatoms. The quantitative estimate of drug-likeness (QED) is 0.352. The molecule has 256 valence electrons. The maximum Gasteiger partial charge on any atom is 0.338 e. The van der Waals surface area contributed by atoms with Gasteiger partial charge in [-0.1, -0.05) is 26.8 Å². The molecule has 4 heterocycles. The Morgan fingerprint density at radius 2 is 1.91 bits per heavy atom. The van der Waals surface area contributed by atoms with Gasteiger partial charge in [-0.3, -0.25) is 4.79 Å². The number of aliphatic hydroxyl groups is 1. The molecule has 1 amide bonds. The van der Waals surface area contributed by atoms with Crippen LogP contribution in [0.25, 0.3) is 0 Å². The molecule has 0 radical (unpaired) electrons. The summed E-state index contributed by atoms with van der Waals surface area (Å²) in [7, 11) is -0.190. The molecule has 1 N–H and O–H groups in total. The van der Waals surface area contributed by atoms with E-state index >= 15 is 0 Å². The zero-order valence-electron chi connectivity index (χ0n) is 28.8. The van der Waals surface area contributed by atoms with Gasteiger partial charge in [-0.05, 0) is 75.1 Å². The second-order valence-corrected chi connectivity index (χ2v) is 21.0. The lowest BCUT2D eigenvalue weighted by atomic mass is 9.50. The van der Waals surface area contributed by atoms with E-state index in [1.165, 1.54) is 4.90 Å². The van der Waals surface area contributed by atoms with Gasteiger partial charge in [0.05, 0.1) is 17.4 Å². The molecule has 1 spiro atoms. The summed E-state index contributed by atoms with van der Waals surface area (Å²) in [5, 5.41) is 12.6. The second-order valence-electron chi connectivity index (χ2n) is 16.2. The van der Waals surface area contributed by atoms with Crippen LogP contribution in [0, 0.1) is 0 Å². The van der Waals surface area contributed by atoms with Crippen molar-refractivity contribution in [1.82, 2.24) is 9.80 Å². The molecule has 47 heavy (non-hydrogen) atoms. The lowest BCUT2D eigenvalue weighted by Gasteiger charge is -2.61. The first kappa shape index (κ1) is 32.6. The first-order valence-corrected chi connectivity index (χ1v) is 19.9. The van der Waals surface area contributed by atoms with Crippen LogP contribution in [0.4, 0.5) is 0 Å². The third kappa shape index (κ3) is 4.80. The summed E-state index contributed by atoms with van der Waals surface area (Å²) in [4.78, 5) is 43.3. The smallest absolute Gasteiger partial charge is 0.338 e. The van der Waals surface area contributed by atoms with Crippen molar-refractivity contribution in [2.75, 3.05) is 20.1 Å². The summed E-state index contributed by atoms with van der Waals surface area (Å²) in [5.74, 6) is -0.896. The number of carbonyl (C=O) groups is 3. The molecule has 6 atom stereocenters. The molecular weight excluding hydrogens is 620 g/mol. The number of likely N-dealkylation sites (tertiary alicyclic amines) is 2. The number of likely N-dealkylation sites (N-methyl/N-ethyl adjacent to an activating group) is 1. The lowest BCUT2D eigenvalue weighted by Crippen LogP contribution is -2.74. The molecule has 1 aromatic carbocycles. The van der Waals surface area contributed by atoms with Crippen LogP contribution in [0.15, 0.2) is 24.0 Å². The van der Waals surface area contributed by atoms with Crippen molar-refractivity contribution in [2.45, 2.75) is 132 Å². The summed E-state index contributed by atoms with van der Waals surface area (Å²) >= 11 is 0. The molecule has 1 aromatic rings. The van der Waals surface area contributed by atoms with Crippen LogP contribution < -0.4 is 9.16 Å². The topological polar surface area (TPSA) is 124 Å². The molecular formula is C35H48N2O9Si. The van der Waals surface area contributed by atoms with Crippen molar-refractivity contribution in [3.8, 4) is 11.5 Å². The van der Waals surface area contributed by atoms with Crippen LogP contribution in [0.3, 0.4) is 0 Å². The highest BCUT2D eigenvalue weighted by Crippen LogP contribution is 2.65. The van der Waals surface area contributed by atoms with E-state index in [9.17, 15) is 19.5 Å². The number of cyclic esters (lactones) is 1. The fourth-order valence-electron chi connectivity index (χ4n) is 8.55. The van der Waals surface area contributed by atoms with Gasteiger partial charge in [0.1, 0.15) is 17.6 Å². The Balaban J connectivity index is 1.19. The summed E-state index contributed by atoms with van der Waals surface area (Å²) < 4.78 is 30.8. The summed E-state index contributed by atoms with van der Waals surface area (Å²) in [6.07, 6.45) is 2.55. The molecule has 6 aliphatic rings. The Hall–Kier alpha value is -2.93. The molecule has 3 fully saturated rings. The highest BCUT2D eigenvalue weighted by atomic mass is 28.4. The van der Waals surface area contributed by atoms with E-state index < -0.39 is 55.3 Å². The highest BCUT2D eigenvalue weighted by molar-refractivity contribution is 6.74. The minimum absolute atomic E-state index is 0.0375. The van der Waals surface area contributed by atoms with Crippen LogP contribution in [-0.4, -0.2) is 96.9 Å². The average Bonchev–Trinajstić information content (AvgIpc) is 3.66. The Labute approximate surface area is 277 Å². The average molecular weight is 669 g/mol. The van der Waals surface area contributed by atoms with Gasteiger partial charge in [0.15, 0.2) is 18.0 Å². The number of rotatable bonds is 6. The molecule has 0 saturated carbocycles. The van der Waals surface area contributed by atoms with Gasteiger partial charge in [-0.2, -0.15) is 0 Å². The Bertz CT molecular complexity index is 1570. The predicted octanol–water partition coefficient (Wildman–Crippen LogP) is 3.95.